The minimum atomic E-state index is 0.286. The third-order valence-corrected chi connectivity index (χ3v) is 4.75. The Labute approximate surface area is 111 Å². The summed E-state index contributed by atoms with van der Waals surface area (Å²) < 4.78 is 0. The van der Waals surface area contributed by atoms with Gasteiger partial charge in [-0.15, -0.1) is 0 Å². The Kier molecular flexibility index (Phi) is 4.66. The van der Waals surface area contributed by atoms with Gasteiger partial charge < -0.3 is 10.2 Å². The molecule has 1 heterocycles. The van der Waals surface area contributed by atoms with Crippen LogP contribution in [0.25, 0.3) is 0 Å². The van der Waals surface area contributed by atoms with Crippen molar-refractivity contribution in [1.82, 2.24) is 10.2 Å². The van der Waals surface area contributed by atoms with Gasteiger partial charge in [0.2, 0.25) is 5.91 Å². The Hall–Kier alpha value is -0.570. The van der Waals surface area contributed by atoms with Crippen molar-refractivity contribution >= 4 is 5.91 Å². The number of carbonyl (C=O) groups is 1. The fourth-order valence-electron chi connectivity index (χ4n) is 3.44. The maximum atomic E-state index is 12.0. The average molecular weight is 252 g/mol. The summed E-state index contributed by atoms with van der Waals surface area (Å²) in [7, 11) is 0. The third kappa shape index (κ3) is 3.47. The molecule has 104 valence electrons. The molecule has 1 aliphatic heterocycles. The van der Waals surface area contributed by atoms with Gasteiger partial charge in [-0.05, 0) is 31.1 Å². The molecule has 2 rings (SSSR count). The van der Waals surface area contributed by atoms with Crippen LogP contribution in [-0.2, 0) is 4.79 Å². The molecule has 18 heavy (non-hydrogen) atoms. The number of amides is 1. The van der Waals surface area contributed by atoms with Crippen molar-refractivity contribution in [2.24, 2.45) is 5.41 Å². The third-order valence-electron chi connectivity index (χ3n) is 4.75. The van der Waals surface area contributed by atoms with Gasteiger partial charge >= 0.3 is 0 Å². The number of hydrogen-bond donors (Lipinski definition) is 1. The van der Waals surface area contributed by atoms with Crippen LogP contribution in [-0.4, -0.2) is 36.5 Å². The van der Waals surface area contributed by atoms with E-state index in [1.54, 1.807) is 0 Å². The van der Waals surface area contributed by atoms with Crippen LogP contribution in [0.4, 0.5) is 0 Å². The zero-order valence-electron chi connectivity index (χ0n) is 12.0. The van der Waals surface area contributed by atoms with Crippen LogP contribution < -0.4 is 5.32 Å². The molecule has 0 bridgehead atoms. The standard InChI is InChI=1S/C15H28N2O/c1-13(2)16-12-14(18)17-10-8-15(9-11-17)6-4-3-5-7-15/h13,16H,3-12H2,1-2H3. The van der Waals surface area contributed by atoms with Crippen molar-refractivity contribution in [3.05, 3.63) is 0 Å². The maximum absolute atomic E-state index is 12.0. The predicted molar refractivity (Wildman–Crippen MR) is 74.5 cm³/mol. The summed E-state index contributed by atoms with van der Waals surface area (Å²) in [5.74, 6) is 0.286. The van der Waals surface area contributed by atoms with E-state index in [-0.39, 0.29) is 5.91 Å². The van der Waals surface area contributed by atoms with Gasteiger partial charge in [-0.3, -0.25) is 4.79 Å². The second kappa shape index (κ2) is 6.05. The molecule has 0 unspecified atom stereocenters. The molecule has 1 spiro atoms. The first-order valence-corrected chi connectivity index (χ1v) is 7.62. The molecule has 0 atom stereocenters. The Bertz CT molecular complexity index is 272. The molecule has 0 aromatic rings. The Balaban J connectivity index is 1.77. The highest BCUT2D eigenvalue weighted by Gasteiger charge is 2.36. The molecule has 1 amide bonds. The second-order valence-electron chi connectivity index (χ2n) is 6.48. The predicted octanol–water partition coefficient (Wildman–Crippen LogP) is 2.56. The summed E-state index contributed by atoms with van der Waals surface area (Å²) in [5.41, 5.74) is 0.598. The number of rotatable bonds is 3. The number of hydrogen-bond acceptors (Lipinski definition) is 2. The van der Waals surface area contributed by atoms with E-state index >= 15 is 0 Å². The van der Waals surface area contributed by atoms with E-state index in [9.17, 15) is 4.79 Å². The van der Waals surface area contributed by atoms with Gasteiger partial charge in [0.1, 0.15) is 0 Å². The van der Waals surface area contributed by atoms with Gasteiger partial charge in [0.15, 0.2) is 0 Å². The molecule has 0 aromatic carbocycles. The highest BCUT2D eigenvalue weighted by molar-refractivity contribution is 5.78. The molecule has 0 aromatic heterocycles. The summed E-state index contributed by atoms with van der Waals surface area (Å²) in [4.78, 5) is 14.1. The molecule has 2 aliphatic rings. The van der Waals surface area contributed by atoms with Crippen LogP contribution >= 0.6 is 0 Å². The quantitative estimate of drug-likeness (QED) is 0.837. The van der Waals surface area contributed by atoms with Gasteiger partial charge in [0.25, 0.3) is 0 Å². The first-order valence-electron chi connectivity index (χ1n) is 7.62. The van der Waals surface area contributed by atoms with Gasteiger partial charge in [-0.25, -0.2) is 0 Å². The molecule has 1 aliphatic carbocycles. The SMILES string of the molecule is CC(C)NCC(=O)N1CCC2(CCCCC2)CC1. The normalized spacial score (nSPS) is 23.6. The van der Waals surface area contributed by atoms with Gasteiger partial charge in [0.05, 0.1) is 6.54 Å². The number of nitrogens with one attached hydrogen (secondary N) is 1. The molecule has 1 saturated heterocycles. The molecule has 1 N–H and O–H groups in total. The van der Waals surface area contributed by atoms with Crippen molar-refractivity contribution < 1.29 is 4.79 Å². The monoisotopic (exact) mass is 252 g/mol. The number of piperidine rings is 1. The van der Waals surface area contributed by atoms with Gasteiger partial charge in [-0.1, -0.05) is 33.1 Å². The van der Waals surface area contributed by atoms with Crippen molar-refractivity contribution in [1.29, 1.82) is 0 Å². The van der Waals surface area contributed by atoms with Crippen LogP contribution in [0.5, 0.6) is 0 Å². The Morgan fingerprint density at radius 1 is 1.11 bits per heavy atom. The highest BCUT2D eigenvalue weighted by atomic mass is 16.2. The van der Waals surface area contributed by atoms with Crippen molar-refractivity contribution in [3.8, 4) is 0 Å². The molecular formula is C15H28N2O. The highest BCUT2D eigenvalue weighted by Crippen LogP contribution is 2.44. The maximum Gasteiger partial charge on any atom is 0.236 e. The lowest BCUT2D eigenvalue weighted by Crippen LogP contribution is -2.47. The van der Waals surface area contributed by atoms with Crippen LogP contribution in [0, 0.1) is 5.41 Å². The van der Waals surface area contributed by atoms with E-state index < -0.39 is 0 Å². The van der Waals surface area contributed by atoms with E-state index in [2.05, 4.69) is 24.1 Å². The van der Waals surface area contributed by atoms with Crippen LogP contribution in [0.15, 0.2) is 0 Å². The summed E-state index contributed by atoms with van der Waals surface area (Å²) >= 11 is 0. The van der Waals surface area contributed by atoms with E-state index in [4.69, 9.17) is 0 Å². The minimum Gasteiger partial charge on any atom is -0.342 e. The van der Waals surface area contributed by atoms with Crippen molar-refractivity contribution in [2.45, 2.75) is 64.8 Å². The smallest absolute Gasteiger partial charge is 0.236 e. The van der Waals surface area contributed by atoms with E-state index in [0.29, 0.717) is 18.0 Å². The van der Waals surface area contributed by atoms with E-state index in [1.807, 2.05) is 0 Å². The number of carbonyl (C=O) groups excluding carboxylic acids is 1. The minimum absolute atomic E-state index is 0.286. The molecule has 0 radical (unpaired) electrons. The summed E-state index contributed by atoms with van der Waals surface area (Å²) in [6, 6.07) is 0.392. The van der Waals surface area contributed by atoms with Gasteiger partial charge in [-0.2, -0.15) is 0 Å². The van der Waals surface area contributed by atoms with E-state index in [1.165, 1.54) is 44.9 Å². The van der Waals surface area contributed by atoms with Gasteiger partial charge in [0, 0.05) is 19.1 Å². The molecule has 3 heteroatoms. The first kappa shape index (κ1) is 13.9. The lowest BCUT2D eigenvalue weighted by molar-refractivity contribution is -0.133. The topological polar surface area (TPSA) is 32.3 Å². The summed E-state index contributed by atoms with van der Waals surface area (Å²) in [5, 5.41) is 3.22. The molecule has 2 fully saturated rings. The average Bonchev–Trinajstić information content (AvgIpc) is 2.38. The second-order valence-corrected chi connectivity index (χ2v) is 6.48. The summed E-state index contributed by atoms with van der Waals surface area (Å²) in [6.07, 6.45) is 9.51. The fraction of sp³-hybridized carbons (Fsp3) is 0.933. The van der Waals surface area contributed by atoms with E-state index in [0.717, 1.165) is 13.1 Å². The van der Waals surface area contributed by atoms with Crippen LogP contribution in [0.1, 0.15) is 58.8 Å². The Morgan fingerprint density at radius 2 is 1.72 bits per heavy atom. The largest absolute Gasteiger partial charge is 0.342 e. The summed E-state index contributed by atoms with van der Waals surface area (Å²) in [6.45, 7) is 6.64. The Morgan fingerprint density at radius 3 is 2.28 bits per heavy atom. The number of nitrogens with zero attached hydrogens (tertiary/aromatic N) is 1. The molecule has 1 saturated carbocycles. The zero-order valence-corrected chi connectivity index (χ0v) is 12.0. The molecular weight excluding hydrogens is 224 g/mol. The zero-order chi connectivity index (χ0) is 13.0. The lowest BCUT2D eigenvalue weighted by atomic mass is 9.68. The number of likely N-dealkylation sites (tertiary alicyclic amines) is 1. The lowest BCUT2D eigenvalue weighted by Gasteiger charge is -2.44. The van der Waals surface area contributed by atoms with Crippen LogP contribution in [0.3, 0.4) is 0 Å². The molecule has 3 nitrogen and oxygen atoms in total. The first-order chi connectivity index (χ1) is 8.61. The van der Waals surface area contributed by atoms with Crippen molar-refractivity contribution in [2.75, 3.05) is 19.6 Å². The van der Waals surface area contributed by atoms with Crippen molar-refractivity contribution in [3.63, 3.8) is 0 Å². The fourth-order valence-corrected chi connectivity index (χ4v) is 3.44. The van der Waals surface area contributed by atoms with Crippen LogP contribution in [0.2, 0.25) is 0 Å².